The highest BCUT2D eigenvalue weighted by molar-refractivity contribution is 6.04. The summed E-state index contributed by atoms with van der Waals surface area (Å²) in [6.07, 6.45) is 1.42. The third kappa shape index (κ3) is 4.18. The Labute approximate surface area is 150 Å². The molecule has 0 saturated heterocycles. The van der Waals surface area contributed by atoms with Crippen LogP contribution in [0.2, 0.25) is 0 Å². The number of hydrazine groups is 1. The molecule has 0 aliphatic heterocycles. The van der Waals surface area contributed by atoms with Gasteiger partial charge in [-0.3, -0.25) is 20.4 Å². The number of carbonyl (C=O) groups is 2. The van der Waals surface area contributed by atoms with Crippen LogP contribution in [0.15, 0.2) is 84.0 Å². The SMILES string of the molecule is C=C(NNC(=O)c1ccco1)c1ccc(NC(=O)c2ccccc2)cc1. The predicted octanol–water partition coefficient (Wildman–Crippen LogP) is 3.44. The molecule has 0 aliphatic carbocycles. The van der Waals surface area contributed by atoms with Gasteiger partial charge in [0.25, 0.3) is 5.91 Å². The quantitative estimate of drug-likeness (QED) is 0.597. The Bertz CT molecular complexity index is 901. The van der Waals surface area contributed by atoms with Gasteiger partial charge in [-0.25, -0.2) is 0 Å². The number of nitrogens with one attached hydrogen (secondary N) is 3. The van der Waals surface area contributed by atoms with E-state index in [-0.39, 0.29) is 11.7 Å². The number of anilines is 1. The first-order valence-electron chi connectivity index (χ1n) is 7.89. The number of hydrogen-bond acceptors (Lipinski definition) is 4. The average molecular weight is 347 g/mol. The lowest BCUT2D eigenvalue weighted by Crippen LogP contribution is -2.35. The van der Waals surface area contributed by atoms with E-state index < -0.39 is 5.91 Å². The molecular formula is C20H17N3O3. The zero-order chi connectivity index (χ0) is 18.4. The minimum absolute atomic E-state index is 0.180. The molecule has 2 aromatic carbocycles. The Balaban J connectivity index is 1.56. The Morgan fingerprint density at radius 1 is 0.769 bits per heavy atom. The Kier molecular flexibility index (Phi) is 5.14. The van der Waals surface area contributed by atoms with Crippen LogP contribution in [0.4, 0.5) is 5.69 Å². The Hall–Kier alpha value is -3.80. The molecule has 0 aliphatic rings. The molecule has 6 heteroatoms. The van der Waals surface area contributed by atoms with E-state index in [0.717, 1.165) is 5.56 Å². The van der Waals surface area contributed by atoms with Gasteiger partial charge in [-0.2, -0.15) is 0 Å². The van der Waals surface area contributed by atoms with Crippen LogP contribution in [0, 0.1) is 0 Å². The highest BCUT2D eigenvalue weighted by Crippen LogP contribution is 2.15. The van der Waals surface area contributed by atoms with Crippen LogP contribution in [-0.4, -0.2) is 11.8 Å². The first-order valence-corrected chi connectivity index (χ1v) is 7.89. The van der Waals surface area contributed by atoms with Crippen molar-refractivity contribution < 1.29 is 14.0 Å². The van der Waals surface area contributed by atoms with Crippen molar-refractivity contribution in [1.82, 2.24) is 10.9 Å². The molecule has 0 spiro atoms. The number of benzene rings is 2. The molecule has 0 saturated carbocycles. The standard InChI is InChI=1S/C20H17N3O3/c1-14(22-23-20(25)18-8-5-13-26-18)15-9-11-17(12-10-15)21-19(24)16-6-3-2-4-7-16/h2-13,22H,1H2,(H,21,24)(H,23,25). The van der Waals surface area contributed by atoms with E-state index in [1.54, 1.807) is 48.5 Å². The van der Waals surface area contributed by atoms with E-state index in [0.29, 0.717) is 16.9 Å². The summed E-state index contributed by atoms with van der Waals surface area (Å²) >= 11 is 0. The van der Waals surface area contributed by atoms with E-state index in [4.69, 9.17) is 4.42 Å². The molecule has 0 radical (unpaired) electrons. The average Bonchev–Trinajstić information content (AvgIpc) is 3.22. The molecule has 3 rings (SSSR count). The lowest BCUT2D eigenvalue weighted by Gasteiger charge is -2.11. The van der Waals surface area contributed by atoms with Gasteiger partial charge in [-0.1, -0.05) is 36.9 Å². The van der Waals surface area contributed by atoms with Crippen LogP contribution in [0.5, 0.6) is 0 Å². The van der Waals surface area contributed by atoms with Gasteiger partial charge in [-0.05, 0) is 42.0 Å². The fourth-order valence-corrected chi connectivity index (χ4v) is 2.22. The molecule has 26 heavy (non-hydrogen) atoms. The van der Waals surface area contributed by atoms with E-state index >= 15 is 0 Å². The first-order chi connectivity index (χ1) is 12.6. The van der Waals surface area contributed by atoms with Crippen molar-refractivity contribution in [3.63, 3.8) is 0 Å². The van der Waals surface area contributed by atoms with Crippen LogP contribution >= 0.6 is 0 Å². The molecule has 0 unspecified atom stereocenters. The Morgan fingerprint density at radius 2 is 1.50 bits per heavy atom. The third-order valence-corrected chi connectivity index (χ3v) is 3.60. The second-order valence-corrected chi connectivity index (χ2v) is 5.43. The molecule has 0 bridgehead atoms. The van der Waals surface area contributed by atoms with E-state index in [2.05, 4.69) is 22.7 Å². The van der Waals surface area contributed by atoms with Gasteiger partial charge in [0, 0.05) is 11.3 Å². The van der Waals surface area contributed by atoms with Crippen molar-refractivity contribution in [2.45, 2.75) is 0 Å². The van der Waals surface area contributed by atoms with Gasteiger partial charge < -0.3 is 9.73 Å². The second-order valence-electron chi connectivity index (χ2n) is 5.43. The summed E-state index contributed by atoms with van der Waals surface area (Å²) in [7, 11) is 0. The predicted molar refractivity (Wildman–Crippen MR) is 99.2 cm³/mol. The lowest BCUT2D eigenvalue weighted by molar-refractivity contribution is 0.0914. The minimum Gasteiger partial charge on any atom is -0.459 e. The van der Waals surface area contributed by atoms with Gasteiger partial charge in [0.2, 0.25) is 0 Å². The van der Waals surface area contributed by atoms with Crippen molar-refractivity contribution >= 4 is 23.2 Å². The smallest absolute Gasteiger partial charge is 0.305 e. The molecule has 1 heterocycles. The Morgan fingerprint density at radius 3 is 2.15 bits per heavy atom. The molecular weight excluding hydrogens is 330 g/mol. The molecule has 3 N–H and O–H groups in total. The first kappa shape index (κ1) is 17.0. The highest BCUT2D eigenvalue weighted by Gasteiger charge is 2.09. The maximum absolute atomic E-state index is 12.1. The molecule has 2 amide bonds. The maximum Gasteiger partial charge on any atom is 0.305 e. The summed E-state index contributed by atoms with van der Waals surface area (Å²) in [5.74, 6) is -0.381. The summed E-state index contributed by atoms with van der Waals surface area (Å²) in [5, 5.41) is 2.82. The van der Waals surface area contributed by atoms with E-state index in [9.17, 15) is 9.59 Å². The maximum atomic E-state index is 12.1. The molecule has 6 nitrogen and oxygen atoms in total. The van der Waals surface area contributed by atoms with Crippen LogP contribution in [-0.2, 0) is 0 Å². The van der Waals surface area contributed by atoms with Gasteiger partial charge in [0.15, 0.2) is 5.76 Å². The number of carbonyl (C=O) groups excluding carboxylic acids is 2. The van der Waals surface area contributed by atoms with E-state index in [1.807, 2.05) is 18.2 Å². The zero-order valence-corrected chi connectivity index (χ0v) is 13.9. The fourth-order valence-electron chi connectivity index (χ4n) is 2.22. The van der Waals surface area contributed by atoms with Crippen LogP contribution < -0.4 is 16.2 Å². The topological polar surface area (TPSA) is 83.4 Å². The number of furan rings is 1. The van der Waals surface area contributed by atoms with Crippen molar-refractivity contribution in [3.05, 3.63) is 96.5 Å². The second kappa shape index (κ2) is 7.85. The molecule has 1 aromatic heterocycles. The number of rotatable bonds is 6. The minimum atomic E-state index is -0.400. The monoisotopic (exact) mass is 347 g/mol. The molecule has 130 valence electrons. The zero-order valence-electron chi connectivity index (χ0n) is 13.9. The van der Waals surface area contributed by atoms with Crippen molar-refractivity contribution in [2.24, 2.45) is 0 Å². The fraction of sp³-hybridized carbons (Fsp3) is 0. The largest absolute Gasteiger partial charge is 0.459 e. The lowest BCUT2D eigenvalue weighted by atomic mass is 10.1. The highest BCUT2D eigenvalue weighted by atomic mass is 16.3. The normalized spacial score (nSPS) is 10.0. The van der Waals surface area contributed by atoms with Gasteiger partial charge >= 0.3 is 5.91 Å². The van der Waals surface area contributed by atoms with Gasteiger partial charge in [-0.15, -0.1) is 0 Å². The van der Waals surface area contributed by atoms with Crippen LogP contribution in [0.1, 0.15) is 26.5 Å². The summed E-state index contributed by atoms with van der Waals surface area (Å²) in [4.78, 5) is 23.9. The molecule has 0 atom stereocenters. The van der Waals surface area contributed by atoms with Crippen LogP contribution in [0.25, 0.3) is 5.70 Å². The van der Waals surface area contributed by atoms with Gasteiger partial charge in [0.05, 0.1) is 12.0 Å². The van der Waals surface area contributed by atoms with Crippen molar-refractivity contribution in [2.75, 3.05) is 5.32 Å². The van der Waals surface area contributed by atoms with Crippen molar-refractivity contribution in [3.8, 4) is 0 Å². The summed E-state index contributed by atoms with van der Waals surface area (Å²) in [5.41, 5.74) is 7.75. The molecule has 3 aromatic rings. The third-order valence-electron chi connectivity index (χ3n) is 3.60. The number of amides is 2. The summed E-state index contributed by atoms with van der Waals surface area (Å²) in [6.45, 7) is 3.87. The van der Waals surface area contributed by atoms with Gasteiger partial charge in [0.1, 0.15) is 0 Å². The van der Waals surface area contributed by atoms with Crippen LogP contribution in [0.3, 0.4) is 0 Å². The molecule has 0 fully saturated rings. The summed E-state index contributed by atoms with van der Waals surface area (Å²) in [6, 6.07) is 19.3. The van der Waals surface area contributed by atoms with Crippen molar-refractivity contribution in [1.29, 1.82) is 0 Å². The van der Waals surface area contributed by atoms with E-state index in [1.165, 1.54) is 6.26 Å². The summed E-state index contributed by atoms with van der Waals surface area (Å²) < 4.78 is 5.00. The number of hydrogen-bond donors (Lipinski definition) is 3.